The molecule has 1 spiro atoms. The van der Waals surface area contributed by atoms with Gasteiger partial charge in [0.15, 0.2) is 0 Å². The average Bonchev–Trinajstić information content (AvgIpc) is 2.86. The van der Waals surface area contributed by atoms with Gasteiger partial charge >= 0.3 is 6.03 Å². The first-order valence-electron chi connectivity index (χ1n) is 5.98. The van der Waals surface area contributed by atoms with Gasteiger partial charge in [0.25, 0.3) is 5.91 Å². The fourth-order valence-electron chi connectivity index (χ4n) is 2.91. The normalized spacial score (nSPS) is 30.6. The van der Waals surface area contributed by atoms with Crippen LogP contribution in [0.2, 0.25) is 0 Å². The topological polar surface area (TPSA) is 58.2 Å². The van der Waals surface area contributed by atoms with Crippen molar-refractivity contribution >= 4 is 27.9 Å². The number of halogens is 1. The number of imide groups is 1. The number of nitrogens with one attached hydrogen (secondary N) is 2. The number of hydrogen-bond acceptors (Lipinski definition) is 2. The molecule has 2 atom stereocenters. The van der Waals surface area contributed by atoms with Gasteiger partial charge in [-0.15, -0.1) is 0 Å². The Morgan fingerprint density at radius 2 is 1.94 bits per heavy atom. The Morgan fingerprint density at radius 3 is 2.56 bits per heavy atom. The molecule has 4 nitrogen and oxygen atoms in total. The van der Waals surface area contributed by atoms with E-state index in [1.165, 1.54) is 5.56 Å². The molecule has 5 heteroatoms. The maximum Gasteiger partial charge on any atom is 0.322 e. The Bertz CT molecular complexity index is 514. The molecule has 1 aromatic rings. The van der Waals surface area contributed by atoms with Crippen LogP contribution in [0.5, 0.6) is 0 Å². The molecule has 94 valence electrons. The van der Waals surface area contributed by atoms with Gasteiger partial charge in [-0.1, -0.05) is 28.1 Å². The van der Waals surface area contributed by atoms with Crippen LogP contribution in [0.3, 0.4) is 0 Å². The Morgan fingerprint density at radius 1 is 1.22 bits per heavy atom. The second-order valence-corrected chi connectivity index (χ2v) is 5.90. The van der Waals surface area contributed by atoms with E-state index in [1.54, 1.807) is 0 Å². The zero-order chi connectivity index (χ0) is 12.8. The molecule has 2 N–H and O–H groups in total. The summed E-state index contributed by atoms with van der Waals surface area (Å²) < 4.78 is 1.05. The summed E-state index contributed by atoms with van der Waals surface area (Å²) in [5.74, 6) is 0.161. The van der Waals surface area contributed by atoms with Gasteiger partial charge in [0.1, 0.15) is 5.54 Å². The highest BCUT2D eigenvalue weighted by Crippen LogP contribution is 2.42. The summed E-state index contributed by atoms with van der Waals surface area (Å²) in [6.07, 6.45) is 2.33. The number of benzene rings is 1. The van der Waals surface area contributed by atoms with E-state index in [9.17, 15) is 9.59 Å². The van der Waals surface area contributed by atoms with Crippen LogP contribution in [0.15, 0.2) is 28.7 Å². The summed E-state index contributed by atoms with van der Waals surface area (Å²) in [7, 11) is 0. The van der Waals surface area contributed by atoms with E-state index in [4.69, 9.17) is 0 Å². The predicted octanol–water partition coefficient (Wildman–Crippen LogP) is 2.29. The molecule has 1 aliphatic heterocycles. The molecule has 1 saturated heterocycles. The summed E-state index contributed by atoms with van der Waals surface area (Å²) in [5, 5.41) is 5.12. The highest BCUT2D eigenvalue weighted by Gasteiger charge is 2.51. The highest BCUT2D eigenvalue weighted by atomic mass is 79.9. The number of rotatable bonds is 1. The van der Waals surface area contributed by atoms with E-state index in [0.717, 1.165) is 10.9 Å². The van der Waals surface area contributed by atoms with Gasteiger partial charge in [-0.05, 0) is 42.9 Å². The van der Waals surface area contributed by atoms with Crippen molar-refractivity contribution in [1.82, 2.24) is 10.6 Å². The monoisotopic (exact) mass is 308 g/mol. The van der Waals surface area contributed by atoms with Gasteiger partial charge in [-0.25, -0.2) is 4.79 Å². The van der Waals surface area contributed by atoms with E-state index >= 15 is 0 Å². The number of carbonyl (C=O) groups is 2. The minimum atomic E-state index is -0.672. The second-order valence-electron chi connectivity index (χ2n) is 4.98. The Hall–Kier alpha value is -1.36. The molecule has 0 bridgehead atoms. The SMILES string of the molecule is O=C1NC(=O)C2(CCC(c3ccc(Br)cc3)C2)N1. The van der Waals surface area contributed by atoms with Gasteiger partial charge in [-0.2, -0.15) is 0 Å². The number of carbonyl (C=O) groups excluding carboxylic acids is 2. The molecule has 2 fully saturated rings. The van der Waals surface area contributed by atoms with Crippen LogP contribution in [-0.4, -0.2) is 17.5 Å². The van der Waals surface area contributed by atoms with Gasteiger partial charge < -0.3 is 5.32 Å². The van der Waals surface area contributed by atoms with Gasteiger partial charge in [0.05, 0.1) is 0 Å². The smallest absolute Gasteiger partial charge is 0.322 e. The third-order valence-corrected chi connectivity index (χ3v) is 4.40. The van der Waals surface area contributed by atoms with E-state index in [2.05, 4.69) is 38.7 Å². The van der Waals surface area contributed by atoms with Gasteiger partial charge in [0.2, 0.25) is 0 Å². The first-order chi connectivity index (χ1) is 8.59. The molecule has 1 aliphatic carbocycles. The third kappa shape index (κ3) is 1.82. The van der Waals surface area contributed by atoms with Crippen molar-refractivity contribution in [3.05, 3.63) is 34.3 Å². The Kier molecular flexibility index (Phi) is 2.66. The minimum Gasteiger partial charge on any atom is -0.323 e. The molecule has 18 heavy (non-hydrogen) atoms. The van der Waals surface area contributed by atoms with E-state index in [-0.39, 0.29) is 11.9 Å². The Labute approximate surface area is 113 Å². The first-order valence-corrected chi connectivity index (χ1v) is 6.77. The zero-order valence-corrected chi connectivity index (χ0v) is 11.3. The molecule has 0 aromatic heterocycles. The molecular formula is C13H13BrN2O2. The van der Waals surface area contributed by atoms with E-state index in [0.29, 0.717) is 18.8 Å². The maximum absolute atomic E-state index is 11.8. The fourth-order valence-corrected chi connectivity index (χ4v) is 3.18. The number of amides is 3. The summed E-state index contributed by atoms with van der Waals surface area (Å²) in [4.78, 5) is 23.1. The van der Waals surface area contributed by atoms with E-state index in [1.807, 2.05) is 12.1 Å². The molecule has 3 rings (SSSR count). The molecule has 2 unspecified atom stereocenters. The summed E-state index contributed by atoms with van der Waals surface area (Å²) >= 11 is 3.41. The summed E-state index contributed by atoms with van der Waals surface area (Å²) in [6.45, 7) is 0. The molecular weight excluding hydrogens is 296 g/mol. The zero-order valence-electron chi connectivity index (χ0n) is 9.70. The largest absolute Gasteiger partial charge is 0.323 e. The summed E-state index contributed by atoms with van der Waals surface area (Å²) in [6, 6.07) is 7.79. The van der Waals surface area contributed by atoms with Crippen LogP contribution in [-0.2, 0) is 4.79 Å². The van der Waals surface area contributed by atoms with Crippen molar-refractivity contribution in [2.45, 2.75) is 30.7 Å². The minimum absolute atomic E-state index is 0.174. The van der Waals surface area contributed by atoms with Crippen LogP contribution in [0.25, 0.3) is 0 Å². The fraction of sp³-hybridized carbons (Fsp3) is 0.385. The van der Waals surface area contributed by atoms with Gasteiger partial charge in [-0.3, -0.25) is 10.1 Å². The van der Waals surface area contributed by atoms with Crippen molar-refractivity contribution < 1.29 is 9.59 Å². The molecule has 3 amide bonds. The lowest BCUT2D eigenvalue weighted by Gasteiger charge is -2.19. The summed E-state index contributed by atoms with van der Waals surface area (Å²) in [5.41, 5.74) is 0.554. The lowest BCUT2D eigenvalue weighted by molar-refractivity contribution is -0.123. The lowest BCUT2D eigenvalue weighted by atomic mass is 9.92. The highest BCUT2D eigenvalue weighted by molar-refractivity contribution is 9.10. The molecule has 1 heterocycles. The van der Waals surface area contributed by atoms with Crippen molar-refractivity contribution in [3.63, 3.8) is 0 Å². The lowest BCUT2D eigenvalue weighted by Crippen LogP contribution is -2.44. The predicted molar refractivity (Wildman–Crippen MR) is 70.1 cm³/mol. The van der Waals surface area contributed by atoms with Crippen LogP contribution in [0, 0.1) is 0 Å². The molecule has 1 saturated carbocycles. The van der Waals surface area contributed by atoms with Crippen LogP contribution < -0.4 is 10.6 Å². The van der Waals surface area contributed by atoms with Crippen LogP contribution in [0.1, 0.15) is 30.7 Å². The van der Waals surface area contributed by atoms with Crippen molar-refractivity contribution in [3.8, 4) is 0 Å². The van der Waals surface area contributed by atoms with Crippen molar-refractivity contribution in [2.24, 2.45) is 0 Å². The molecule has 1 aromatic carbocycles. The second kappa shape index (κ2) is 4.09. The number of urea groups is 1. The van der Waals surface area contributed by atoms with Crippen LogP contribution >= 0.6 is 15.9 Å². The number of hydrogen-bond donors (Lipinski definition) is 2. The maximum atomic E-state index is 11.8. The average molecular weight is 309 g/mol. The first kappa shape index (κ1) is 11.7. The van der Waals surface area contributed by atoms with Gasteiger partial charge in [0, 0.05) is 4.47 Å². The molecule has 0 radical (unpaired) electrons. The third-order valence-electron chi connectivity index (χ3n) is 3.87. The molecule has 2 aliphatic rings. The quantitative estimate of drug-likeness (QED) is 0.782. The van der Waals surface area contributed by atoms with Crippen molar-refractivity contribution in [2.75, 3.05) is 0 Å². The van der Waals surface area contributed by atoms with E-state index < -0.39 is 5.54 Å². The van der Waals surface area contributed by atoms with Crippen LogP contribution in [0.4, 0.5) is 4.79 Å². The standard InChI is InChI=1S/C13H13BrN2O2/c14-10-3-1-8(2-4-10)9-5-6-13(7-9)11(17)15-12(18)16-13/h1-4,9H,5-7H2,(H2,15,16,17,18). The van der Waals surface area contributed by atoms with Crippen molar-refractivity contribution in [1.29, 1.82) is 0 Å². The Balaban J connectivity index is 1.81.